The van der Waals surface area contributed by atoms with E-state index in [2.05, 4.69) is 10.4 Å². The Bertz CT molecular complexity index is 2430. The van der Waals surface area contributed by atoms with Crippen molar-refractivity contribution in [1.82, 2.24) is 30.4 Å². The van der Waals surface area contributed by atoms with E-state index in [9.17, 15) is 41.0 Å². The molecule has 12 nitrogen and oxygen atoms in total. The van der Waals surface area contributed by atoms with Gasteiger partial charge in [-0.25, -0.2) is 18.8 Å². The average molecular weight is 764 g/mol. The molecule has 0 unspecified atom stereocenters. The summed E-state index contributed by atoms with van der Waals surface area (Å²) in [7, 11) is -4.45. The van der Waals surface area contributed by atoms with E-state index in [0.29, 0.717) is 54.6 Å². The zero-order chi connectivity index (χ0) is 38.4. The van der Waals surface area contributed by atoms with Gasteiger partial charge in [-0.05, 0) is 136 Å². The van der Waals surface area contributed by atoms with Gasteiger partial charge >= 0.3 is 17.9 Å². The van der Waals surface area contributed by atoms with Gasteiger partial charge in [0.2, 0.25) is 0 Å². The second-order valence-electron chi connectivity index (χ2n) is 13.2. The molecule has 1 amide bonds. The zero-order valence-electron chi connectivity index (χ0n) is 30.1. The van der Waals surface area contributed by atoms with E-state index in [1.807, 2.05) is 19.9 Å². The normalized spacial score (nSPS) is 16.1. The minimum absolute atomic E-state index is 0. The molecule has 1 aliphatic rings. The number of aromatic nitrogens is 4. The number of benzene rings is 3. The lowest BCUT2D eigenvalue weighted by molar-refractivity contribution is -0.137. The summed E-state index contributed by atoms with van der Waals surface area (Å²) in [6.07, 6.45) is -0.383. The lowest BCUT2D eigenvalue weighted by Gasteiger charge is -2.31. The Morgan fingerprint density at radius 3 is 2.26 bits per heavy atom. The maximum atomic E-state index is 14.2. The summed E-state index contributed by atoms with van der Waals surface area (Å²) in [6.45, 7) is 7.04. The van der Waals surface area contributed by atoms with Crippen LogP contribution in [0.4, 0.5) is 18.0 Å². The quantitative estimate of drug-likeness (QED) is 0.142. The summed E-state index contributed by atoms with van der Waals surface area (Å²) in [5.41, 5.74) is 2.79. The number of amides is 1. The Kier molecular flexibility index (Phi) is 11.1. The largest absolute Gasteiger partial charge is 0.416 e. The molecule has 0 aliphatic heterocycles. The fourth-order valence-corrected chi connectivity index (χ4v) is 8.26. The molecule has 1 fully saturated rings. The van der Waals surface area contributed by atoms with Gasteiger partial charge in [0.15, 0.2) is 0 Å². The maximum Gasteiger partial charge on any atom is 0.416 e. The monoisotopic (exact) mass is 763 g/mol. The molecule has 2 aromatic heterocycles. The van der Waals surface area contributed by atoms with Crippen molar-refractivity contribution in [3.8, 4) is 28.8 Å². The highest BCUT2D eigenvalue weighted by Crippen LogP contribution is 2.39. The first kappa shape index (κ1) is 39.7. The molecule has 16 heteroatoms. The van der Waals surface area contributed by atoms with E-state index in [1.165, 1.54) is 29.9 Å². The van der Waals surface area contributed by atoms with Crippen LogP contribution in [0.25, 0.3) is 22.8 Å². The average Bonchev–Trinajstić information content (AvgIpc) is 3.70. The Hall–Kier alpha value is -5.50. The summed E-state index contributed by atoms with van der Waals surface area (Å²) in [4.78, 5) is 28.3. The van der Waals surface area contributed by atoms with Crippen molar-refractivity contribution < 1.29 is 30.9 Å². The highest BCUT2D eigenvalue weighted by molar-refractivity contribution is 7.85. The molecule has 6 rings (SSSR count). The van der Waals surface area contributed by atoms with Gasteiger partial charge in [0, 0.05) is 6.04 Å². The molecule has 0 saturated heterocycles. The van der Waals surface area contributed by atoms with E-state index >= 15 is 0 Å². The van der Waals surface area contributed by atoms with E-state index in [0.717, 1.165) is 38.0 Å². The third-order valence-electron chi connectivity index (χ3n) is 10.2. The molecule has 3 aromatic carbocycles. The number of nitriles is 1. The van der Waals surface area contributed by atoms with Gasteiger partial charge in [0.05, 0.1) is 51.1 Å². The summed E-state index contributed by atoms with van der Waals surface area (Å²) >= 11 is 0. The highest BCUT2D eigenvalue weighted by Gasteiger charge is 2.33. The SMILES string of the molecule is CCc1c(C)c(C)c(S(=O)(=O)O)cc1[C@H]1CC[C@@H](NC(=O)n2c(-c3ccnn3-c3ccc(C#N)cc3)c(C)n(-c3cccc(C(F)(F)F)c3)c2=O)CC1.N. The Balaban J connectivity index is 0.00000561. The van der Waals surface area contributed by atoms with Crippen LogP contribution in [-0.4, -0.2) is 44.0 Å². The fourth-order valence-electron chi connectivity index (χ4n) is 7.44. The third kappa shape index (κ3) is 7.34. The van der Waals surface area contributed by atoms with E-state index in [-0.39, 0.29) is 40.1 Å². The van der Waals surface area contributed by atoms with Crippen LogP contribution < -0.4 is 17.2 Å². The van der Waals surface area contributed by atoms with Gasteiger partial charge in [-0.15, -0.1) is 0 Å². The predicted octanol–water partition coefficient (Wildman–Crippen LogP) is 7.56. The fraction of sp³-hybridized carbons (Fsp3) is 0.316. The molecule has 0 bridgehead atoms. The molecular formula is C38H40F3N7O5S. The van der Waals surface area contributed by atoms with Crippen molar-refractivity contribution in [2.24, 2.45) is 0 Å². The molecule has 0 atom stereocenters. The van der Waals surface area contributed by atoms with Crippen LogP contribution in [0.2, 0.25) is 0 Å². The highest BCUT2D eigenvalue weighted by atomic mass is 32.2. The lowest BCUT2D eigenvalue weighted by atomic mass is 9.78. The second-order valence-corrected chi connectivity index (χ2v) is 14.6. The third-order valence-corrected chi connectivity index (χ3v) is 11.2. The number of alkyl halides is 3. The van der Waals surface area contributed by atoms with Crippen LogP contribution in [0.5, 0.6) is 0 Å². The minimum atomic E-state index is -4.67. The van der Waals surface area contributed by atoms with Crippen LogP contribution in [0.1, 0.15) is 77.6 Å². The van der Waals surface area contributed by atoms with Gasteiger partial charge in [0.1, 0.15) is 5.69 Å². The summed E-state index contributed by atoms with van der Waals surface area (Å²) in [6, 6.07) is 14.8. The molecule has 0 radical (unpaired) electrons. The number of hydrogen-bond donors (Lipinski definition) is 3. The van der Waals surface area contributed by atoms with Crippen LogP contribution >= 0.6 is 0 Å². The molecule has 284 valence electrons. The smallest absolute Gasteiger partial charge is 0.344 e. The number of carbonyl (C=O) groups is 1. The van der Waals surface area contributed by atoms with Gasteiger partial charge in [-0.2, -0.15) is 31.9 Å². The predicted molar refractivity (Wildman–Crippen MR) is 196 cm³/mol. The molecule has 5 N–H and O–H groups in total. The standard InChI is InChI=1S/C38H37F3N6O5S.H3N/c1-5-31-22(2)23(3)34(53(50,51)52)20-32(31)26-11-13-28(14-12-26)44-36(48)46-35(33-17-18-43-47(33)29-15-9-25(21-42)10-16-29)24(4)45(37(46)49)30-8-6-7-27(19-30)38(39,40)41;/h6-10,15-20,26,28H,5,11-14H2,1-4H3,(H,44,48)(H,50,51,52);1H3/t26-,28+;. The van der Waals surface area contributed by atoms with Crippen LogP contribution in [0, 0.1) is 32.1 Å². The summed E-state index contributed by atoms with van der Waals surface area (Å²) in [5.74, 6) is -0.0396. The Labute approximate surface area is 310 Å². The Morgan fingerprint density at radius 1 is 1.00 bits per heavy atom. The lowest BCUT2D eigenvalue weighted by Crippen LogP contribution is -2.43. The summed E-state index contributed by atoms with van der Waals surface area (Å²) in [5, 5.41) is 16.6. The van der Waals surface area contributed by atoms with Gasteiger partial charge in [-0.3, -0.25) is 9.12 Å². The number of rotatable bonds is 7. The van der Waals surface area contributed by atoms with Crippen molar-refractivity contribution in [2.75, 3.05) is 0 Å². The zero-order valence-corrected chi connectivity index (χ0v) is 30.9. The van der Waals surface area contributed by atoms with Crippen LogP contribution in [-0.2, 0) is 22.7 Å². The number of imidazole rings is 1. The van der Waals surface area contributed by atoms with E-state index in [4.69, 9.17) is 0 Å². The van der Waals surface area contributed by atoms with E-state index in [1.54, 1.807) is 43.3 Å². The van der Waals surface area contributed by atoms with E-state index < -0.39 is 33.6 Å². The number of nitrogens with zero attached hydrogens (tertiary/aromatic N) is 5. The molecule has 0 spiro atoms. The van der Waals surface area contributed by atoms with Gasteiger partial charge < -0.3 is 11.5 Å². The molecule has 2 heterocycles. The van der Waals surface area contributed by atoms with Gasteiger partial charge in [0.25, 0.3) is 10.1 Å². The van der Waals surface area contributed by atoms with Crippen molar-refractivity contribution in [1.29, 1.82) is 5.26 Å². The van der Waals surface area contributed by atoms with Crippen molar-refractivity contribution >= 4 is 16.1 Å². The summed E-state index contributed by atoms with van der Waals surface area (Å²) < 4.78 is 79.0. The van der Waals surface area contributed by atoms with Crippen LogP contribution in [0.3, 0.4) is 0 Å². The number of carbonyl (C=O) groups excluding carboxylic acids is 1. The molecule has 5 aromatic rings. The molecule has 1 saturated carbocycles. The molecule has 1 aliphatic carbocycles. The first-order valence-corrected chi connectivity index (χ1v) is 18.5. The number of nitrogens with one attached hydrogen (secondary N) is 1. The number of hydrogen-bond acceptors (Lipinski definition) is 7. The van der Waals surface area contributed by atoms with Crippen molar-refractivity contribution in [3.05, 3.63) is 116 Å². The first-order chi connectivity index (χ1) is 25.0. The van der Waals surface area contributed by atoms with Crippen molar-refractivity contribution in [3.63, 3.8) is 0 Å². The van der Waals surface area contributed by atoms with Crippen molar-refractivity contribution in [2.45, 2.75) is 82.8 Å². The minimum Gasteiger partial charge on any atom is -0.344 e. The molecular weight excluding hydrogens is 724 g/mol. The number of halogens is 3. The van der Waals surface area contributed by atoms with Gasteiger partial charge in [-0.1, -0.05) is 13.0 Å². The first-order valence-electron chi connectivity index (χ1n) is 17.0. The second kappa shape index (κ2) is 15.1. The topological polar surface area (TPSA) is 187 Å². The maximum absolute atomic E-state index is 14.2. The van der Waals surface area contributed by atoms with Crippen LogP contribution in [0.15, 0.2) is 76.6 Å². The molecule has 54 heavy (non-hydrogen) atoms. The Morgan fingerprint density at radius 2 is 1.67 bits per heavy atom.